The molecule has 1 aromatic carbocycles. The van der Waals surface area contributed by atoms with E-state index in [0.29, 0.717) is 0 Å². The number of halogens is 1. The molecule has 0 unspecified atom stereocenters. The number of nitrogens with zero attached hydrogens (tertiary/aromatic N) is 2. The maximum absolute atomic E-state index is 12.5. The first-order chi connectivity index (χ1) is 9.10. The normalized spacial score (nSPS) is 10.3. The molecular weight excluding hydrogens is 304 g/mol. The molecule has 3 nitrogen and oxygen atoms in total. The predicted octanol–water partition coefficient (Wildman–Crippen LogP) is 3.39. The quantitative estimate of drug-likeness (QED) is 0.717. The van der Waals surface area contributed by atoms with Crippen molar-refractivity contribution in [3.8, 4) is 0 Å². The second-order valence-electron chi connectivity index (χ2n) is 4.78. The largest absolute Gasteiger partial charge is 0.378 e. The Kier molecular flexibility index (Phi) is 6.92. The maximum atomic E-state index is 12.5. The Bertz CT molecular complexity index is 407. The molecule has 0 spiro atoms. The maximum Gasteiger partial charge on any atom is 0.253 e. The number of rotatable bonds is 7. The molecule has 0 N–H and O–H groups in total. The summed E-state index contributed by atoms with van der Waals surface area (Å²) in [5.74, 6) is 0.122. The van der Waals surface area contributed by atoms with E-state index in [2.05, 4.69) is 22.9 Å². The Morgan fingerprint density at radius 3 is 2.58 bits per heavy atom. The Labute approximate surface area is 124 Å². The van der Waals surface area contributed by atoms with Crippen molar-refractivity contribution in [2.24, 2.45) is 0 Å². The van der Waals surface area contributed by atoms with E-state index in [1.54, 1.807) is 0 Å². The molecule has 0 fully saturated rings. The number of carbonyl (C=O) groups excluding carboxylic acids is 1. The first-order valence-corrected chi connectivity index (χ1v) is 7.85. The summed E-state index contributed by atoms with van der Waals surface area (Å²) in [4.78, 5) is 16.4. The summed E-state index contributed by atoms with van der Waals surface area (Å²) >= 11 is 3.42. The lowest BCUT2D eigenvalue weighted by Gasteiger charge is -2.22. The number of benzene rings is 1. The average Bonchev–Trinajstić information content (AvgIpc) is 2.42. The number of hydrogen-bond donors (Lipinski definition) is 0. The van der Waals surface area contributed by atoms with Crippen molar-refractivity contribution in [1.82, 2.24) is 4.90 Å². The Morgan fingerprint density at radius 2 is 2.00 bits per heavy atom. The molecule has 0 aliphatic rings. The van der Waals surface area contributed by atoms with Crippen LogP contribution in [0.25, 0.3) is 0 Å². The molecule has 0 radical (unpaired) electrons. The third-order valence-corrected chi connectivity index (χ3v) is 3.39. The lowest BCUT2D eigenvalue weighted by atomic mass is 10.1. The highest BCUT2D eigenvalue weighted by Crippen LogP contribution is 2.15. The second-order valence-corrected chi connectivity index (χ2v) is 5.57. The molecule has 4 heteroatoms. The highest BCUT2D eigenvalue weighted by molar-refractivity contribution is 9.09. The van der Waals surface area contributed by atoms with Crippen LogP contribution in [-0.4, -0.2) is 43.3 Å². The topological polar surface area (TPSA) is 23.6 Å². The Morgan fingerprint density at radius 1 is 1.26 bits per heavy atom. The minimum absolute atomic E-state index is 0.122. The van der Waals surface area contributed by atoms with Crippen LogP contribution in [0.1, 0.15) is 30.1 Å². The molecular formula is C15H23BrN2O. The van der Waals surface area contributed by atoms with Crippen LogP contribution in [0.5, 0.6) is 0 Å². The van der Waals surface area contributed by atoms with Crippen molar-refractivity contribution in [2.45, 2.75) is 19.8 Å². The standard InChI is InChI=1S/C15H23BrN2O/c1-4-5-10-18(11-9-16)15(19)13-7-6-8-14(12-13)17(2)3/h6-8,12H,4-5,9-11H2,1-3H3. The van der Waals surface area contributed by atoms with Crippen LogP contribution >= 0.6 is 15.9 Å². The lowest BCUT2D eigenvalue weighted by Crippen LogP contribution is -2.33. The van der Waals surface area contributed by atoms with E-state index in [1.165, 1.54) is 0 Å². The number of hydrogen-bond acceptors (Lipinski definition) is 2. The number of amides is 1. The average molecular weight is 327 g/mol. The number of alkyl halides is 1. The summed E-state index contributed by atoms with van der Waals surface area (Å²) in [6, 6.07) is 7.80. The van der Waals surface area contributed by atoms with Gasteiger partial charge in [-0.15, -0.1) is 0 Å². The van der Waals surface area contributed by atoms with Gasteiger partial charge < -0.3 is 9.80 Å². The fourth-order valence-corrected chi connectivity index (χ4v) is 2.29. The summed E-state index contributed by atoms with van der Waals surface area (Å²) in [6.45, 7) is 3.72. The Hall–Kier alpha value is -1.03. The van der Waals surface area contributed by atoms with E-state index < -0.39 is 0 Å². The Balaban J connectivity index is 2.85. The highest BCUT2D eigenvalue weighted by atomic mass is 79.9. The number of unbranched alkanes of at least 4 members (excludes halogenated alkanes) is 1. The molecule has 0 saturated carbocycles. The van der Waals surface area contributed by atoms with Crippen molar-refractivity contribution in [1.29, 1.82) is 0 Å². The minimum atomic E-state index is 0.122. The first kappa shape index (κ1) is 16.0. The zero-order chi connectivity index (χ0) is 14.3. The van der Waals surface area contributed by atoms with Gasteiger partial charge >= 0.3 is 0 Å². The summed E-state index contributed by atoms with van der Waals surface area (Å²) in [5.41, 5.74) is 1.82. The van der Waals surface area contributed by atoms with Gasteiger partial charge in [-0.25, -0.2) is 0 Å². The van der Waals surface area contributed by atoms with Crippen LogP contribution in [0, 0.1) is 0 Å². The van der Waals surface area contributed by atoms with Crippen molar-refractivity contribution >= 4 is 27.5 Å². The molecule has 106 valence electrons. The van der Waals surface area contributed by atoms with E-state index >= 15 is 0 Å². The van der Waals surface area contributed by atoms with Gasteiger partial charge in [0.15, 0.2) is 0 Å². The molecule has 1 rings (SSSR count). The molecule has 0 bridgehead atoms. The molecule has 0 aliphatic heterocycles. The molecule has 1 aromatic rings. The molecule has 0 atom stereocenters. The van der Waals surface area contributed by atoms with Gasteiger partial charge in [-0.1, -0.05) is 35.3 Å². The summed E-state index contributed by atoms with van der Waals surface area (Å²) < 4.78 is 0. The lowest BCUT2D eigenvalue weighted by molar-refractivity contribution is 0.0764. The molecule has 0 saturated heterocycles. The van der Waals surface area contributed by atoms with E-state index in [9.17, 15) is 4.79 Å². The smallest absolute Gasteiger partial charge is 0.253 e. The molecule has 19 heavy (non-hydrogen) atoms. The first-order valence-electron chi connectivity index (χ1n) is 6.72. The van der Waals surface area contributed by atoms with Crippen LogP contribution in [0.3, 0.4) is 0 Å². The van der Waals surface area contributed by atoms with Crippen molar-refractivity contribution in [2.75, 3.05) is 37.4 Å². The monoisotopic (exact) mass is 326 g/mol. The van der Waals surface area contributed by atoms with Crippen LogP contribution in [0.4, 0.5) is 5.69 Å². The van der Waals surface area contributed by atoms with Crippen molar-refractivity contribution in [3.05, 3.63) is 29.8 Å². The molecule has 0 aliphatic carbocycles. The van der Waals surface area contributed by atoms with Gasteiger partial charge in [0.05, 0.1) is 0 Å². The van der Waals surface area contributed by atoms with Gasteiger partial charge in [-0.05, 0) is 24.6 Å². The number of carbonyl (C=O) groups is 1. The second kappa shape index (κ2) is 8.20. The van der Waals surface area contributed by atoms with Crippen LogP contribution < -0.4 is 4.90 Å². The fraction of sp³-hybridized carbons (Fsp3) is 0.533. The van der Waals surface area contributed by atoms with E-state index in [1.807, 2.05) is 48.2 Å². The van der Waals surface area contributed by atoms with Gasteiger partial charge in [0.25, 0.3) is 5.91 Å². The van der Waals surface area contributed by atoms with E-state index in [4.69, 9.17) is 0 Å². The van der Waals surface area contributed by atoms with Gasteiger partial charge in [-0.2, -0.15) is 0 Å². The van der Waals surface area contributed by atoms with Gasteiger partial charge in [0.1, 0.15) is 0 Å². The van der Waals surface area contributed by atoms with Crippen LogP contribution in [0.15, 0.2) is 24.3 Å². The van der Waals surface area contributed by atoms with Crippen molar-refractivity contribution in [3.63, 3.8) is 0 Å². The molecule has 1 amide bonds. The minimum Gasteiger partial charge on any atom is -0.378 e. The molecule has 0 heterocycles. The van der Waals surface area contributed by atoms with Crippen molar-refractivity contribution < 1.29 is 4.79 Å². The summed E-state index contributed by atoms with van der Waals surface area (Å²) in [6.07, 6.45) is 2.15. The van der Waals surface area contributed by atoms with E-state index in [0.717, 1.165) is 42.5 Å². The predicted molar refractivity (Wildman–Crippen MR) is 85.4 cm³/mol. The summed E-state index contributed by atoms with van der Waals surface area (Å²) in [5, 5.41) is 0.815. The van der Waals surface area contributed by atoms with Crippen LogP contribution in [-0.2, 0) is 0 Å². The third-order valence-electron chi connectivity index (χ3n) is 3.03. The fourth-order valence-electron chi connectivity index (χ4n) is 1.87. The van der Waals surface area contributed by atoms with Gasteiger partial charge in [0, 0.05) is 43.8 Å². The van der Waals surface area contributed by atoms with Crippen LogP contribution in [0.2, 0.25) is 0 Å². The summed E-state index contributed by atoms with van der Waals surface area (Å²) in [7, 11) is 3.97. The zero-order valence-electron chi connectivity index (χ0n) is 12.0. The SMILES string of the molecule is CCCCN(CCBr)C(=O)c1cccc(N(C)C)c1. The number of anilines is 1. The zero-order valence-corrected chi connectivity index (χ0v) is 13.6. The molecule has 0 aromatic heterocycles. The van der Waals surface area contributed by atoms with E-state index in [-0.39, 0.29) is 5.91 Å². The third kappa shape index (κ3) is 4.86. The highest BCUT2D eigenvalue weighted by Gasteiger charge is 2.15. The van der Waals surface area contributed by atoms with Gasteiger partial charge in [-0.3, -0.25) is 4.79 Å². The van der Waals surface area contributed by atoms with Gasteiger partial charge in [0.2, 0.25) is 0 Å².